The number of hydrogen-bond donors (Lipinski definition) is 0. The molecular formula is C19H26O12. The van der Waals surface area contributed by atoms with E-state index in [1.807, 2.05) is 0 Å². The van der Waals surface area contributed by atoms with Crippen molar-refractivity contribution in [1.29, 1.82) is 0 Å². The van der Waals surface area contributed by atoms with E-state index in [0.29, 0.717) is 0 Å². The van der Waals surface area contributed by atoms with E-state index in [2.05, 4.69) is 30.3 Å². The van der Waals surface area contributed by atoms with Crippen LogP contribution in [0.5, 0.6) is 0 Å². The lowest BCUT2D eigenvalue weighted by Crippen LogP contribution is -2.25. The number of esters is 6. The molecule has 0 radical (unpaired) electrons. The maximum atomic E-state index is 11.4. The molecule has 0 heterocycles. The molecule has 0 bridgehead atoms. The standard InChI is InChI=1S/C19H26O12/c1-12(2)14(20)28-8-10-30-18(24)16(22)26-6-5-7-27-17(23)19(25)31-11-9-29-15(21)13(3)4/h13H,1,5-11H2,2-4H3. The minimum absolute atomic E-state index is 0.000264. The second-order valence-corrected chi connectivity index (χ2v) is 6.14. The van der Waals surface area contributed by atoms with E-state index in [1.165, 1.54) is 6.92 Å². The first kappa shape index (κ1) is 27.6. The van der Waals surface area contributed by atoms with Gasteiger partial charge >= 0.3 is 35.8 Å². The van der Waals surface area contributed by atoms with Crippen molar-refractivity contribution in [1.82, 2.24) is 0 Å². The highest BCUT2D eigenvalue weighted by atomic mass is 16.6. The molecule has 0 spiro atoms. The average molecular weight is 446 g/mol. The zero-order chi connectivity index (χ0) is 23.8. The first-order valence-corrected chi connectivity index (χ1v) is 9.23. The summed E-state index contributed by atoms with van der Waals surface area (Å²) in [6.45, 7) is 6.41. The van der Waals surface area contributed by atoms with Gasteiger partial charge in [-0.2, -0.15) is 0 Å². The minimum atomic E-state index is -1.29. The van der Waals surface area contributed by atoms with Crippen LogP contribution in [0.3, 0.4) is 0 Å². The highest BCUT2D eigenvalue weighted by molar-refractivity contribution is 6.30. The van der Waals surface area contributed by atoms with Gasteiger partial charge in [0, 0.05) is 12.0 Å². The third-order valence-corrected chi connectivity index (χ3v) is 3.02. The van der Waals surface area contributed by atoms with Gasteiger partial charge in [-0.05, 0) is 6.92 Å². The molecule has 0 aromatic carbocycles. The largest absolute Gasteiger partial charge is 0.462 e. The second-order valence-electron chi connectivity index (χ2n) is 6.14. The van der Waals surface area contributed by atoms with Crippen LogP contribution in [0.2, 0.25) is 0 Å². The lowest BCUT2D eigenvalue weighted by atomic mass is 10.2. The van der Waals surface area contributed by atoms with Crippen molar-refractivity contribution in [3.63, 3.8) is 0 Å². The second kappa shape index (κ2) is 15.4. The molecule has 0 fully saturated rings. The highest BCUT2D eigenvalue weighted by Gasteiger charge is 2.19. The summed E-state index contributed by atoms with van der Waals surface area (Å²) in [4.78, 5) is 67.8. The summed E-state index contributed by atoms with van der Waals surface area (Å²) in [5.74, 6) is -6.57. The molecule has 0 saturated carbocycles. The van der Waals surface area contributed by atoms with Crippen LogP contribution in [0.4, 0.5) is 0 Å². The average Bonchev–Trinajstić information content (AvgIpc) is 2.72. The van der Waals surface area contributed by atoms with Crippen molar-refractivity contribution in [3.8, 4) is 0 Å². The number of ether oxygens (including phenoxy) is 6. The molecule has 0 aromatic rings. The van der Waals surface area contributed by atoms with Gasteiger partial charge in [0.15, 0.2) is 0 Å². The topological polar surface area (TPSA) is 158 Å². The fourth-order valence-corrected chi connectivity index (χ4v) is 1.46. The predicted octanol–water partition coefficient (Wildman–Crippen LogP) is -0.132. The molecule has 0 N–H and O–H groups in total. The summed E-state index contributed by atoms with van der Waals surface area (Å²) in [5.41, 5.74) is 0.173. The molecule has 0 unspecified atom stereocenters. The van der Waals surface area contributed by atoms with Crippen molar-refractivity contribution in [3.05, 3.63) is 12.2 Å². The highest BCUT2D eigenvalue weighted by Crippen LogP contribution is 1.96. The van der Waals surface area contributed by atoms with E-state index in [-0.39, 0.29) is 57.6 Å². The molecule has 0 saturated heterocycles. The van der Waals surface area contributed by atoms with Gasteiger partial charge in [0.05, 0.1) is 19.1 Å². The molecule has 12 heteroatoms. The normalized spacial score (nSPS) is 9.94. The van der Waals surface area contributed by atoms with Crippen LogP contribution < -0.4 is 0 Å². The van der Waals surface area contributed by atoms with Crippen molar-refractivity contribution >= 4 is 35.8 Å². The quantitative estimate of drug-likeness (QED) is 0.129. The third-order valence-electron chi connectivity index (χ3n) is 3.02. The van der Waals surface area contributed by atoms with Gasteiger partial charge < -0.3 is 28.4 Å². The summed E-state index contributed by atoms with van der Waals surface area (Å²) < 4.78 is 27.7. The summed E-state index contributed by atoms with van der Waals surface area (Å²) in [7, 11) is 0. The SMILES string of the molecule is C=C(C)C(=O)OCCOC(=O)C(=O)OCCCOC(=O)C(=O)OCCOC(=O)C(C)C. The lowest BCUT2D eigenvalue weighted by molar-refractivity contribution is -0.171. The molecule has 31 heavy (non-hydrogen) atoms. The summed E-state index contributed by atoms with van der Waals surface area (Å²) >= 11 is 0. The molecule has 0 aliphatic carbocycles. The number of carbonyl (C=O) groups is 6. The Labute approximate surface area is 178 Å². The van der Waals surface area contributed by atoms with E-state index in [9.17, 15) is 28.8 Å². The van der Waals surface area contributed by atoms with Crippen molar-refractivity contribution < 1.29 is 57.2 Å². The zero-order valence-electron chi connectivity index (χ0n) is 17.6. The molecular weight excluding hydrogens is 420 g/mol. The van der Waals surface area contributed by atoms with E-state index in [0.717, 1.165) is 0 Å². The van der Waals surface area contributed by atoms with E-state index < -0.39 is 35.8 Å². The van der Waals surface area contributed by atoms with Gasteiger partial charge in [-0.15, -0.1) is 0 Å². The Morgan fingerprint density at radius 3 is 1.26 bits per heavy atom. The smallest absolute Gasteiger partial charge is 0.417 e. The minimum Gasteiger partial charge on any atom is -0.462 e. The van der Waals surface area contributed by atoms with Crippen molar-refractivity contribution in [2.24, 2.45) is 5.92 Å². The first-order chi connectivity index (χ1) is 14.6. The first-order valence-electron chi connectivity index (χ1n) is 9.23. The maximum Gasteiger partial charge on any atom is 0.417 e. The molecule has 0 aliphatic heterocycles. The van der Waals surface area contributed by atoms with E-state index in [4.69, 9.17) is 4.74 Å². The molecule has 0 rings (SSSR count). The molecule has 12 nitrogen and oxygen atoms in total. The van der Waals surface area contributed by atoms with Crippen molar-refractivity contribution in [2.75, 3.05) is 39.6 Å². The predicted molar refractivity (Wildman–Crippen MR) is 100 cm³/mol. The van der Waals surface area contributed by atoms with Crippen molar-refractivity contribution in [2.45, 2.75) is 27.2 Å². The van der Waals surface area contributed by atoms with Crippen LogP contribution in [0.25, 0.3) is 0 Å². The Kier molecular flexibility index (Phi) is 13.7. The van der Waals surface area contributed by atoms with Crippen LogP contribution in [0, 0.1) is 5.92 Å². The van der Waals surface area contributed by atoms with Crippen LogP contribution in [-0.2, 0) is 57.2 Å². The Morgan fingerprint density at radius 1 is 0.581 bits per heavy atom. The fraction of sp³-hybridized carbons (Fsp3) is 0.579. The number of carbonyl (C=O) groups excluding carboxylic acids is 6. The molecule has 174 valence electrons. The molecule has 0 atom stereocenters. The fourth-order valence-electron chi connectivity index (χ4n) is 1.46. The Morgan fingerprint density at radius 2 is 0.903 bits per heavy atom. The van der Waals surface area contributed by atoms with E-state index in [1.54, 1.807) is 13.8 Å². The number of rotatable bonds is 12. The van der Waals surface area contributed by atoms with Gasteiger partial charge in [-0.1, -0.05) is 20.4 Å². The Bertz CT molecular complexity index is 679. The van der Waals surface area contributed by atoms with Gasteiger partial charge in [-0.3, -0.25) is 4.79 Å². The van der Waals surface area contributed by atoms with Crippen LogP contribution in [0.1, 0.15) is 27.2 Å². The third kappa shape index (κ3) is 13.4. The number of hydrogen-bond acceptors (Lipinski definition) is 12. The van der Waals surface area contributed by atoms with Crippen LogP contribution in [-0.4, -0.2) is 75.5 Å². The zero-order valence-corrected chi connectivity index (χ0v) is 17.6. The van der Waals surface area contributed by atoms with Gasteiger partial charge in [0.1, 0.15) is 26.4 Å². The Balaban J connectivity index is 3.81. The van der Waals surface area contributed by atoms with Crippen LogP contribution in [0.15, 0.2) is 12.2 Å². The van der Waals surface area contributed by atoms with Gasteiger partial charge in [0.25, 0.3) is 0 Å². The van der Waals surface area contributed by atoms with Crippen LogP contribution >= 0.6 is 0 Å². The lowest BCUT2D eigenvalue weighted by Gasteiger charge is -2.08. The van der Waals surface area contributed by atoms with E-state index >= 15 is 0 Å². The Hall–Kier alpha value is -3.44. The monoisotopic (exact) mass is 446 g/mol. The molecule has 0 aliphatic rings. The molecule has 0 aromatic heterocycles. The summed E-state index contributed by atoms with van der Waals surface area (Å²) in [5, 5.41) is 0. The van der Waals surface area contributed by atoms with Gasteiger partial charge in [0.2, 0.25) is 0 Å². The van der Waals surface area contributed by atoms with Gasteiger partial charge in [-0.25, -0.2) is 24.0 Å². The maximum absolute atomic E-state index is 11.4. The summed E-state index contributed by atoms with van der Waals surface area (Å²) in [6.07, 6.45) is 0.000264. The molecule has 0 amide bonds. The summed E-state index contributed by atoms with van der Waals surface area (Å²) in [6, 6.07) is 0.